The number of alkyl halides is 4. The van der Waals surface area contributed by atoms with E-state index < -0.39 is 12.6 Å². The van der Waals surface area contributed by atoms with Gasteiger partial charge in [-0.1, -0.05) is 33.6 Å². The van der Waals surface area contributed by atoms with Crippen molar-refractivity contribution in [3.05, 3.63) is 28.8 Å². The Morgan fingerprint density at radius 2 is 2.06 bits per heavy atom. The third-order valence-corrected chi connectivity index (χ3v) is 3.50. The van der Waals surface area contributed by atoms with E-state index in [1.165, 1.54) is 7.11 Å². The van der Waals surface area contributed by atoms with Gasteiger partial charge in [-0.15, -0.1) is 0 Å². The van der Waals surface area contributed by atoms with Gasteiger partial charge in [-0.2, -0.15) is 13.2 Å². The number of rotatable bonds is 4. The minimum absolute atomic E-state index is 0.0217. The maximum absolute atomic E-state index is 12.1. The van der Waals surface area contributed by atoms with E-state index in [4.69, 9.17) is 16.3 Å². The maximum Gasteiger partial charge on any atom is 0.389 e. The van der Waals surface area contributed by atoms with E-state index in [1.807, 2.05) is 0 Å². The highest BCUT2D eigenvalue weighted by atomic mass is 79.9. The van der Waals surface area contributed by atoms with Gasteiger partial charge >= 0.3 is 6.18 Å². The molecule has 0 fully saturated rings. The molecule has 0 aliphatic carbocycles. The third kappa shape index (κ3) is 4.76. The SMILES string of the molecule is COc1ccc(C(Br)CCC(F)(F)F)cc1Cl. The van der Waals surface area contributed by atoms with Crippen LogP contribution in [-0.4, -0.2) is 13.3 Å². The minimum atomic E-state index is -4.14. The first-order chi connectivity index (χ1) is 7.83. The fourth-order valence-corrected chi connectivity index (χ4v) is 2.11. The van der Waals surface area contributed by atoms with Gasteiger partial charge in [-0.3, -0.25) is 0 Å². The van der Waals surface area contributed by atoms with Gasteiger partial charge in [-0.25, -0.2) is 0 Å². The van der Waals surface area contributed by atoms with E-state index >= 15 is 0 Å². The van der Waals surface area contributed by atoms with Crippen molar-refractivity contribution in [2.45, 2.75) is 23.8 Å². The lowest BCUT2D eigenvalue weighted by Gasteiger charge is -2.13. The molecule has 0 amide bonds. The Kier molecular flexibility index (Phi) is 5.13. The van der Waals surface area contributed by atoms with E-state index in [9.17, 15) is 13.2 Å². The fraction of sp³-hybridized carbons (Fsp3) is 0.455. The van der Waals surface area contributed by atoms with Gasteiger partial charge in [0.05, 0.1) is 12.1 Å². The number of hydrogen-bond donors (Lipinski definition) is 0. The molecule has 0 saturated heterocycles. The molecule has 0 bridgehead atoms. The van der Waals surface area contributed by atoms with Crippen molar-refractivity contribution >= 4 is 27.5 Å². The van der Waals surface area contributed by atoms with Crippen molar-refractivity contribution in [2.75, 3.05) is 7.11 Å². The largest absolute Gasteiger partial charge is 0.495 e. The van der Waals surface area contributed by atoms with Crippen LogP contribution in [0.25, 0.3) is 0 Å². The summed E-state index contributed by atoms with van der Waals surface area (Å²) in [6, 6.07) is 4.94. The average Bonchev–Trinajstić information content (AvgIpc) is 2.24. The molecule has 0 heterocycles. The molecular formula is C11H11BrClF3O. The van der Waals surface area contributed by atoms with Crippen LogP contribution < -0.4 is 4.74 Å². The van der Waals surface area contributed by atoms with Crippen LogP contribution in [0.15, 0.2) is 18.2 Å². The van der Waals surface area contributed by atoms with Crippen LogP contribution in [0, 0.1) is 0 Å². The summed E-state index contributed by atoms with van der Waals surface area (Å²) in [5.74, 6) is 0.505. The van der Waals surface area contributed by atoms with Gasteiger partial charge in [0.25, 0.3) is 0 Å². The molecule has 96 valence electrons. The number of halogens is 5. The monoisotopic (exact) mass is 330 g/mol. The highest BCUT2D eigenvalue weighted by molar-refractivity contribution is 9.09. The smallest absolute Gasteiger partial charge is 0.389 e. The Balaban J connectivity index is 2.69. The lowest BCUT2D eigenvalue weighted by atomic mass is 10.1. The molecule has 0 radical (unpaired) electrons. The summed E-state index contributed by atoms with van der Waals surface area (Å²) in [5, 5.41) is 0.390. The van der Waals surface area contributed by atoms with Crippen LogP contribution in [0.1, 0.15) is 23.2 Å². The van der Waals surface area contributed by atoms with E-state index in [-0.39, 0.29) is 11.2 Å². The number of benzene rings is 1. The highest BCUT2D eigenvalue weighted by Gasteiger charge is 2.28. The molecule has 1 nitrogen and oxygen atoms in total. The molecule has 1 aromatic rings. The van der Waals surface area contributed by atoms with Gasteiger partial charge in [-0.05, 0) is 24.1 Å². The Bertz CT molecular complexity index is 381. The van der Waals surface area contributed by atoms with Crippen molar-refractivity contribution in [3.63, 3.8) is 0 Å². The second-order valence-corrected chi connectivity index (χ2v) is 5.03. The predicted molar refractivity (Wildman–Crippen MR) is 65.0 cm³/mol. The van der Waals surface area contributed by atoms with Crippen molar-refractivity contribution in [3.8, 4) is 5.75 Å². The van der Waals surface area contributed by atoms with Crippen molar-refractivity contribution in [1.82, 2.24) is 0 Å². The molecule has 0 aromatic heterocycles. The van der Waals surface area contributed by atoms with E-state index in [0.29, 0.717) is 16.3 Å². The lowest BCUT2D eigenvalue weighted by molar-refractivity contribution is -0.135. The Morgan fingerprint density at radius 1 is 1.41 bits per heavy atom. The van der Waals surface area contributed by atoms with Crippen LogP contribution in [0.4, 0.5) is 13.2 Å². The van der Waals surface area contributed by atoms with Crippen molar-refractivity contribution in [1.29, 1.82) is 0 Å². The molecule has 0 aliphatic heterocycles. The molecule has 0 spiro atoms. The Morgan fingerprint density at radius 3 is 2.53 bits per heavy atom. The fourth-order valence-electron chi connectivity index (χ4n) is 1.33. The van der Waals surface area contributed by atoms with Crippen LogP contribution in [-0.2, 0) is 0 Å². The van der Waals surface area contributed by atoms with Gasteiger partial charge < -0.3 is 4.74 Å². The molecule has 0 aliphatic rings. The summed E-state index contributed by atoms with van der Waals surface area (Å²) in [5.41, 5.74) is 0.708. The first-order valence-electron chi connectivity index (χ1n) is 4.88. The molecule has 1 aromatic carbocycles. The second kappa shape index (κ2) is 5.96. The molecule has 1 unspecified atom stereocenters. The lowest BCUT2D eigenvalue weighted by Crippen LogP contribution is -2.08. The molecule has 17 heavy (non-hydrogen) atoms. The van der Waals surface area contributed by atoms with Crippen LogP contribution >= 0.6 is 27.5 Å². The molecule has 1 atom stereocenters. The molecular weight excluding hydrogens is 320 g/mol. The zero-order valence-electron chi connectivity index (χ0n) is 9.02. The number of hydrogen-bond acceptors (Lipinski definition) is 1. The zero-order valence-corrected chi connectivity index (χ0v) is 11.4. The number of methoxy groups -OCH3 is 1. The molecule has 0 saturated carbocycles. The summed E-state index contributed by atoms with van der Waals surface area (Å²) in [6.45, 7) is 0. The maximum atomic E-state index is 12.1. The summed E-state index contributed by atoms with van der Waals surface area (Å²) in [7, 11) is 1.48. The number of ether oxygens (including phenoxy) is 1. The Hall–Kier alpha value is -0.420. The van der Waals surface area contributed by atoms with E-state index in [1.54, 1.807) is 18.2 Å². The average molecular weight is 332 g/mol. The van der Waals surface area contributed by atoms with Gasteiger partial charge in [0.15, 0.2) is 0 Å². The Labute approximate surface area is 111 Å². The van der Waals surface area contributed by atoms with Crippen molar-refractivity contribution in [2.24, 2.45) is 0 Å². The minimum Gasteiger partial charge on any atom is -0.495 e. The summed E-state index contributed by atoms with van der Waals surface area (Å²) in [4.78, 5) is -0.368. The first-order valence-corrected chi connectivity index (χ1v) is 6.17. The zero-order chi connectivity index (χ0) is 13.1. The highest BCUT2D eigenvalue weighted by Crippen LogP contribution is 2.36. The topological polar surface area (TPSA) is 9.23 Å². The summed E-state index contributed by atoms with van der Waals surface area (Å²) >= 11 is 9.12. The van der Waals surface area contributed by atoms with Gasteiger partial charge in [0.1, 0.15) is 5.75 Å². The van der Waals surface area contributed by atoms with Gasteiger partial charge in [0.2, 0.25) is 0 Å². The first kappa shape index (κ1) is 14.6. The predicted octanol–water partition coefficient (Wildman–Crippen LogP) is 5.13. The second-order valence-electron chi connectivity index (χ2n) is 3.52. The van der Waals surface area contributed by atoms with Crippen LogP contribution in [0.2, 0.25) is 5.02 Å². The normalized spacial score (nSPS) is 13.5. The van der Waals surface area contributed by atoms with Crippen molar-refractivity contribution < 1.29 is 17.9 Å². The molecule has 6 heteroatoms. The molecule has 0 N–H and O–H groups in total. The van der Waals surface area contributed by atoms with E-state index in [2.05, 4.69) is 15.9 Å². The summed E-state index contributed by atoms with van der Waals surface area (Å²) < 4.78 is 41.2. The third-order valence-electron chi connectivity index (χ3n) is 2.22. The van der Waals surface area contributed by atoms with Gasteiger partial charge in [0, 0.05) is 11.2 Å². The quantitative estimate of drug-likeness (QED) is 0.695. The standard InChI is InChI=1S/C11H11BrClF3O/c1-17-10-3-2-7(6-9(10)13)8(12)4-5-11(14,15)16/h2-3,6,8H,4-5H2,1H3. The van der Waals surface area contributed by atoms with E-state index in [0.717, 1.165) is 0 Å². The van der Waals surface area contributed by atoms with Crippen LogP contribution in [0.5, 0.6) is 5.75 Å². The van der Waals surface area contributed by atoms with Crippen LogP contribution in [0.3, 0.4) is 0 Å². The summed E-state index contributed by atoms with van der Waals surface area (Å²) in [6.07, 6.45) is -4.99. The molecule has 1 rings (SSSR count).